The first-order valence-electron chi connectivity index (χ1n) is 4.71. The molecule has 0 heterocycles. The zero-order chi connectivity index (χ0) is 11.7. The van der Waals surface area contributed by atoms with Crippen molar-refractivity contribution in [2.75, 3.05) is 0 Å². The second kappa shape index (κ2) is 5.65. The zero-order valence-corrected chi connectivity index (χ0v) is 13.0. The van der Waals surface area contributed by atoms with Crippen molar-refractivity contribution >= 4 is 10.1 Å². The van der Waals surface area contributed by atoms with Gasteiger partial charge in [-0.05, 0) is 16.5 Å². The Morgan fingerprint density at radius 3 is 1.88 bits per heavy atom. The fraction of sp³-hybridized carbons (Fsp3) is 0.455. The summed E-state index contributed by atoms with van der Waals surface area (Å²) < 4.78 is 31.6. The second-order valence-corrected chi connectivity index (χ2v) is 6.05. The Morgan fingerprint density at radius 2 is 1.56 bits per heavy atom. The number of hydrogen-bond acceptors (Lipinski definition) is 3. The molecule has 0 aliphatic heterocycles. The van der Waals surface area contributed by atoms with Crippen LogP contribution in [0.1, 0.15) is 31.9 Å². The summed E-state index contributed by atoms with van der Waals surface area (Å²) in [6.45, 7) is 6.23. The topological polar surface area (TPSA) is 57.2 Å². The molecule has 16 heavy (non-hydrogen) atoms. The molecule has 84 valence electrons. The van der Waals surface area contributed by atoms with Crippen molar-refractivity contribution < 1.29 is 42.5 Å². The summed E-state index contributed by atoms with van der Waals surface area (Å²) in [4.78, 5) is 0. The molecule has 1 rings (SSSR count). The smallest absolute Gasteiger partial charge is 0.748 e. The zero-order valence-electron chi connectivity index (χ0n) is 10.1. The van der Waals surface area contributed by atoms with Gasteiger partial charge in [-0.3, -0.25) is 0 Å². The second-order valence-electron chi connectivity index (χ2n) is 4.65. The first-order chi connectivity index (χ1) is 6.68. The van der Waals surface area contributed by atoms with Crippen LogP contribution in [0.2, 0.25) is 0 Å². The third-order valence-electron chi connectivity index (χ3n) is 2.16. The van der Waals surface area contributed by atoms with Gasteiger partial charge in [0.2, 0.25) is 0 Å². The van der Waals surface area contributed by atoms with E-state index in [4.69, 9.17) is 0 Å². The van der Waals surface area contributed by atoms with Gasteiger partial charge in [-0.2, -0.15) is 0 Å². The minimum Gasteiger partial charge on any atom is -0.748 e. The van der Waals surface area contributed by atoms with Crippen LogP contribution in [0.4, 0.5) is 0 Å². The molecule has 0 saturated carbocycles. The van der Waals surface area contributed by atoms with E-state index in [1.807, 2.05) is 12.1 Å². The Balaban J connectivity index is 0.00000225. The number of hydrogen-bond donors (Lipinski definition) is 0. The van der Waals surface area contributed by atoms with Crippen molar-refractivity contribution in [2.45, 2.75) is 31.9 Å². The SMILES string of the molecule is CC(C)(C)c1ccc(CS(=O)(=O)[O-])cc1.[Na+]. The summed E-state index contributed by atoms with van der Waals surface area (Å²) in [6, 6.07) is 7.10. The summed E-state index contributed by atoms with van der Waals surface area (Å²) in [7, 11) is -4.18. The van der Waals surface area contributed by atoms with Crippen LogP contribution in [0.5, 0.6) is 0 Å². The minimum atomic E-state index is -4.18. The normalized spacial score (nSPS) is 12.0. The predicted octanol–water partition coefficient (Wildman–Crippen LogP) is -0.967. The molecule has 5 heteroatoms. The van der Waals surface area contributed by atoms with Gasteiger partial charge >= 0.3 is 29.6 Å². The maximum absolute atomic E-state index is 10.5. The van der Waals surface area contributed by atoms with Crippen molar-refractivity contribution in [3.8, 4) is 0 Å². The maximum Gasteiger partial charge on any atom is 1.00 e. The Labute approximate surface area is 119 Å². The van der Waals surface area contributed by atoms with E-state index in [2.05, 4.69) is 20.8 Å². The molecule has 0 fully saturated rings. The molecule has 0 radical (unpaired) electrons. The van der Waals surface area contributed by atoms with Gasteiger partial charge in [0.1, 0.15) is 0 Å². The average molecular weight is 250 g/mol. The largest absolute Gasteiger partial charge is 1.00 e. The molecular formula is C11H15NaO3S. The first kappa shape index (κ1) is 16.1. The van der Waals surface area contributed by atoms with Gasteiger partial charge in [0.15, 0.2) is 0 Å². The third-order valence-corrected chi connectivity index (χ3v) is 2.85. The van der Waals surface area contributed by atoms with E-state index in [1.165, 1.54) is 0 Å². The Kier molecular flexibility index (Phi) is 5.69. The summed E-state index contributed by atoms with van der Waals surface area (Å²) in [6.07, 6.45) is 0. The molecule has 0 atom stereocenters. The van der Waals surface area contributed by atoms with Crippen LogP contribution in [-0.2, 0) is 21.3 Å². The van der Waals surface area contributed by atoms with Gasteiger partial charge in [0.05, 0.1) is 15.9 Å². The summed E-state index contributed by atoms with van der Waals surface area (Å²) in [5.74, 6) is -0.433. The molecule has 0 amide bonds. The van der Waals surface area contributed by atoms with E-state index in [0.29, 0.717) is 5.56 Å². The summed E-state index contributed by atoms with van der Waals surface area (Å²) in [5.41, 5.74) is 1.70. The quantitative estimate of drug-likeness (QED) is 0.501. The van der Waals surface area contributed by atoms with Gasteiger partial charge in [0.25, 0.3) is 0 Å². The van der Waals surface area contributed by atoms with E-state index in [9.17, 15) is 13.0 Å². The maximum atomic E-state index is 10.5. The summed E-state index contributed by atoms with van der Waals surface area (Å²) in [5, 5.41) is 0. The Bertz CT molecular complexity index is 429. The average Bonchev–Trinajstić information content (AvgIpc) is 2.00. The standard InChI is InChI=1S/C11H16O3S.Na/c1-11(2,3)10-6-4-9(5-7-10)8-15(12,13)14;/h4-7H,8H2,1-3H3,(H,12,13,14);/q;+1/p-1. The number of benzene rings is 1. The molecule has 0 N–H and O–H groups in total. The van der Waals surface area contributed by atoms with Crippen molar-refractivity contribution in [3.05, 3.63) is 35.4 Å². The molecule has 1 aromatic carbocycles. The fourth-order valence-electron chi connectivity index (χ4n) is 1.31. The van der Waals surface area contributed by atoms with Gasteiger partial charge in [-0.15, -0.1) is 0 Å². The number of rotatable bonds is 2. The molecule has 0 aliphatic rings. The van der Waals surface area contributed by atoms with Crippen LogP contribution in [0.3, 0.4) is 0 Å². The molecule has 1 aromatic rings. The van der Waals surface area contributed by atoms with E-state index in [-0.39, 0.29) is 35.0 Å². The van der Waals surface area contributed by atoms with Crippen LogP contribution in [0, 0.1) is 0 Å². The van der Waals surface area contributed by atoms with Gasteiger partial charge in [-0.25, -0.2) is 8.42 Å². The monoisotopic (exact) mass is 250 g/mol. The van der Waals surface area contributed by atoms with Crippen LogP contribution in [0.25, 0.3) is 0 Å². The Hall–Kier alpha value is 0.130. The molecule has 0 aromatic heterocycles. The minimum absolute atomic E-state index is 0. The molecule has 0 spiro atoms. The van der Waals surface area contributed by atoms with Crippen LogP contribution < -0.4 is 29.6 Å². The van der Waals surface area contributed by atoms with Crippen molar-refractivity contribution in [1.82, 2.24) is 0 Å². The van der Waals surface area contributed by atoms with Crippen LogP contribution >= 0.6 is 0 Å². The van der Waals surface area contributed by atoms with Gasteiger partial charge in [-0.1, -0.05) is 45.0 Å². The van der Waals surface area contributed by atoms with Crippen molar-refractivity contribution in [1.29, 1.82) is 0 Å². The molecule has 0 bridgehead atoms. The van der Waals surface area contributed by atoms with Gasteiger partial charge in [0, 0.05) is 0 Å². The fourth-order valence-corrected chi connectivity index (χ4v) is 1.91. The first-order valence-corrected chi connectivity index (χ1v) is 6.29. The Morgan fingerprint density at radius 1 is 1.12 bits per heavy atom. The van der Waals surface area contributed by atoms with E-state index < -0.39 is 15.9 Å². The summed E-state index contributed by atoms with van der Waals surface area (Å²) >= 11 is 0. The van der Waals surface area contributed by atoms with Crippen LogP contribution in [-0.4, -0.2) is 13.0 Å². The van der Waals surface area contributed by atoms with Crippen molar-refractivity contribution in [2.24, 2.45) is 0 Å². The van der Waals surface area contributed by atoms with E-state index >= 15 is 0 Å². The van der Waals surface area contributed by atoms with Crippen LogP contribution in [0.15, 0.2) is 24.3 Å². The van der Waals surface area contributed by atoms with E-state index in [0.717, 1.165) is 5.56 Å². The molecule has 0 aliphatic carbocycles. The van der Waals surface area contributed by atoms with Gasteiger partial charge < -0.3 is 4.55 Å². The van der Waals surface area contributed by atoms with Crippen molar-refractivity contribution in [3.63, 3.8) is 0 Å². The predicted molar refractivity (Wildman–Crippen MR) is 58.5 cm³/mol. The molecule has 0 saturated heterocycles. The molecule has 0 unspecified atom stereocenters. The molecular weight excluding hydrogens is 235 g/mol. The van der Waals surface area contributed by atoms with E-state index in [1.54, 1.807) is 12.1 Å². The molecule has 3 nitrogen and oxygen atoms in total. The third kappa shape index (κ3) is 5.46.